The lowest BCUT2D eigenvalue weighted by molar-refractivity contribution is 0.0850. The van der Waals surface area contributed by atoms with Crippen LogP contribution >= 0.6 is 0 Å². The molecule has 1 aliphatic carbocycles. The number of aliphatic hydroxyl groups is 1. The molecule has 4 nitrogen and oxygen atoms in total. The molecule has 1 saturated carbocycles. The lowest BCUT2D eigenvalue weighted by Gasteiger charge is -2.17. The van der Waals surface area contributed by atoms with E-state index in [0.717, 1.165) is 24.7 Å². The van der Waals surface area contributed by atoms with Crippen LogP contribution in [0.2, 0.25) is 0 Å². The Labute approximate surface area is 126 Å². The highest BCUT2D eigenvalue weighted by Gasteiger charge is 2.21. The summed E-state index contributed by atoms with van der Waals surface area (Å²) in [6, 6.07) is 7.16. The summed E-state index contributed by atoms with van der Waals surface area (Å²) in [7, 11) is 0. The molecule has 2 N–H and O–H groups in total. The molecule has 0 aromatic heterocycles. The monoisotopic (exact) mass is 291 g/mol. The number of carbonyl (C=O) groups excluding carboxylic acids is 1. The predicted molar refractivity (Wildman–Crippen MR) is 82.5 cm³/mol. The first kappa shape index (κ1) is 15.8. The molecule has 0 radical (unpaired) electrons. The largest absolute Gasteiger partial charge is 0.493 e. The van der Waals surface area contributed by atoms with Crippen LogP contribution in [0.4, 0.5) is 0 Å². The quantitative estimate of drug-likeness (QED) is 0.774. The number of nitrogens with one attached hydrogen (secondary N) is 1. The number of aliphatic hydroxyl groups excluding tert-OH is 1. The number of benzene rings is 1. The molecule has 1 aromatic carbocycles. The number of ether oxygens (including phenoxy) is 1. The molecule has 2 unspecified atom stereocenters. The minimum Gasteiger partial charge on any atom is -0.493 e. The van der Waals surface area contributed by atoms with Crippen molar-refractivity contribution >= 4 is 5.91 Å². The van der Waals surface area contributed by atoms with Gasteiger partial charge in [-0.2, -0.15) is 0 Å². The maximum Gasteiger partial charge on any atom is 0.251 e. The van der Waals surface area contributed by atoms with Gasteiger partial charge in [-0.15, -0.1) is 0 Å². The molecule has 0 bridgehead atoms. The van der Waals surface area contributed by atoms with Crippen LogP contribution in [0.5, 0.6) is 5.75 Å². The summed E-state index contributed by atoms with van der Waals surface area (Å²) >= 11 is 0. The minimum atomic E-state index is -0.500. The Balaban J connectivity index is 1.78. The molecule has 21 heavy (non-hydrogen) atoms. The maximum atomic E-state index is 12.0. The molecule has 0 heterocycles. The SMILES string of the molecule is CCC(C)C(O)CNC(=O)c1ccc(OCC2CC2)cc1. The number of amides is 1. The van der Waals surface area contributed by atoms with E-state index >= 15 is 0 Å². The highest BCUT2D eigenvalue weighted by molar-refractivity contribution is 5.94. The van der Waals surface area contributed by atoms with Gasteiger partial charge in [-0.05, 0) is 48.9 Å². The zero-order chi connectivity index (χ0) is 15.2. The summed E-state index contributed by atoms with van der Waals surface area (Å²) in [6.07, 6.45) is 2.92. The molecule has 2 atom stereocenters. The third-order valence-corrected chi connectivity index (χ3v) is 4.07. The van der Waals surface area contributed by atoms with E-state index in [1.807, 2.05) is 26.0 Å². The normalized spacial score (nSPS) is 17.1. The topological polar surface area (TPSA) is 58.6 Å². The van der Waals surface area contributed by atoms with Crippen molar-refractivity contribution in [1.82, 2.24) is 5.32 Å². The Morgan fingerprint density at radius 1 is 1.38 bits per heavy atom. The zero-order valence-electron chi connectivity index (χ0n) is 12.8. The molecule has 0 spiro atoms. The first-order valence-corrected chi connectivity index (χ1v) is 7.79. The lowest BCUT2D eigenvalue weighted by Crippen LogP contribution is -2.35. The van der Waals surface area contributed by atoms with E-state index < -0.39 is 6.10 Å². The molecule has 4 heteroatoms. The van der Waals surface area contributed by atoms with Crippen LogP contribution < -0.4 is 10.1 Å². The Bertz CT molecular complexity index is 454. The van der Waals surface area contributed by atoms with Crippen LogP contribution in [-0.2, 0) is 0 Å². The van der Waals surface area contributed by atoms with Gasteiger partial charge in [-0.1, -0.05) is 20.3 Å². The smallest absolute Gasteiger partial charge is 0.251 e. The molecular formula is C17H25NO3. The number of hydrogen-bond acceptors (Lipinski definition) is 3. The van der Waals surface area contributed by atoms with Gasteiger partial charge in [-0.25, -0.2) is 0 Å². The Morgan fingerprint density at radius 3 is 2.62 bits per heavy atom. The molecule has 0 aliphatic heterocycles. The van der Waals surface area contributed by atoms with Gasteiger partial charge in [0.05, 0.1) is 12.7 Å². The van der Waals surface area contributed by atoms with Gasteiger partial charge in [-0.3, -0.25) is 4.79 Å². The Hall–Kier alpha value is -1.55. The second-order valence-corrected chi connectivity index (χ2v) is 5.94. The van der Waals surface area contributed by atoms with Crippen LogP contribution in [0, 0.1) is 11.8 Å². The molecule has 2 rings (SSSR count). The van der Waals surface area contributed by atoms with Crippen LogP contribution in [0.15, 0.2) is 24.3 Å². The van der Waals surface area contributed by atoms with Crippen molar-refractivity contribution in [3.05, 3.63) is 29.8 Å². The highest BCUT2D eigenvalue weighted by Crippen LogP contribution is 2.29. The summed E-state index contributed by atoms with van der Waals surface area (Å²) in [4.78, 5) is 12.0. The van der Waals surface area contributed by atoms with E-state index in [2.05, 4.69) is 5.32 Å². The van der Waals surface area contributed by atoms with Crippen LogP contribution in [-0.4, -0.2) is 30.3 Å². The summed E-state index contributed by atoms with van der Waals surface area (Å²) < 4.78 is 5.64. The summed E-state index contributed by atoms with van der Waals surface area (Å²) in [5, 5.41) is 12.6. The van der Waals surface area contributed by atoms with Crippen molar-refractivity contribution < 1.29 is 14.6 Å². The van der Waals surface area contributed by atoms with E-state index in [1.165, 1.54) is 12.8 Å². The molecule has 1 fully saturated rings. The molecule has 1 amide bonds. The van der Waals surface area contributed by atoms with Crippen molar-refractivity contribution in [2.45, 2.75) is 39.2 Å². The highest BCUT2D eigenvalue weighted by atomic mass is 16.5. The summed E-state index contributed by atoms with van der Waals surface area (Å²) in [5.41, 5.74) is 0.588. The van der Waals surface area contributed by atoms with Crippen LogP contribution in [0.1, 0.15) is 43.5 Å². The minimum absolute atomic E-state index is 0.161. The van der Waals surface area contributed by atoms with E-state index in [-0.39, 0.29) is 18.4 Å². The maximum absolute atomic E-state index is 12.0. The molecule has 1 aliphatic rings. The van der Waals surface area contributed by atoms with E-state index in [0.29, 0.717) is 5.56 Å². The Morgan fingerprint density at radius 2 is 2.05 bits per heavy atom. The third kappa shape index (κ3) is 5.05. The average Bonchev–Trinajstić information content (AvgIpc) is 3.34. The zero-order valence-corrected chi connectivity index (χ0v) is 12.8. The third-order valence-electron chi connectivity index (χ3n) is 4.07. The molecule has 1 aromatic rings. The first-order valence-electron chi connectivity index (χ1n) is 7.79. The van der Waals surface area contributed by atoms with Gasteiger partial charge in [0.15, 0.2) is 0 Å². The fraction of sp³-hybridized carbons (Fsp3) is 0.588. The summed E-state index contributed by atoms with van der Waals surface area (Å²) in [5.74, 6) is 1.54. The van der Waals surface area contributed by atoms with Crippen molar-refractivity contribution in [3.8, 4) is 5.75 Å². The average molecular weight is 291 g/mol. The second kappa shape index (κ2) is 7.46. The number of carbonyl (C=O) groups is 1. The molecule has 116 valence electrons. The fourth-order valence-electron chi connectivity index (χ4n) is 1.97. The number of hydrogen-bond donors (Lipinski definition) is 2. The van der Waals surface area contributed by atoms with Crippen LogP contribution in [0.3, 0.4) is 0 Å². The van der Waals surface area contributed by atoms with Gasteiger partial charge in [0.1, 0.15) is 5.75 Å². The first-order chi connectivity index (χ1) is 10.1. The van der Waals surface area contributed by atoms with E-state index in [4.69, 9.17) is 4.74 Å². The Kier molecular flexibility index (Phi) is 5.62. The lowest BCUT2D eigenvalue weighted by atomic mass is 10.0. The van der Waals surface area contributed by atoms with Crippen LogP contribution in [0.25, 0.3) is 0 Å². The van der Waals surface area contributed by atoms with Gasteiger partial charge < -0.3 is 15.2 Å². The predicted octanol–water partition coefficient (Wildman–Crippen LogP) is 2.61. The second-order valence-electron chi connectivity index (χ2n) is 5.94. The van der Waals surface area contributed by atoms with Crippen molar-refractivity contribution in [2.24, 2.45) is 11.8 Å². The summed E-state index contributed by atoms with van der Waals surface area (Å²) in [6.45, 7) is 5.05. The standard InChI is InChI=1S/C17H25NO3/c1-3-12(2)16(19)10-18-17(20)14-6-8-15(9-7-14)21-11-13-4-5-13/h6-9,12-13,16,19H,3-5,10-11H2,1-2H3,(H,18,20). The molecule has 0 saturated heterocycles. The molecular weight excluding hydrogens is 266 g/mol. The van der Waals surface area contributed by atoms with Gasteiger partial charge in [0.25, 0.3) is 5.91 Å². The van der Waals surface area contributed by atoms with E-state index in [1.54, 1.807) is 12.1 Å². The van der Waals surface area contributed by atoms with E-state index in [9.17, 15) is 9.90 Å². The van der Waals surface area contributed by atoms with Gasteiger partial charge >= 0.3 is 0 Å². The fourth-order valence-corrected chi connectivity index (χ4v) is 1.97. The van der Waals surface area contributed by atoms with Gasteiger partial charge in [0.2, 0.25) is 0 Å². The van der Waals surface area contributed by atoms with Gasteiger partial charge in [0, 0.05) is 12.1 Å². The number of rotatable bonds is 8. The van der Waals surface area contributed by atoms with Crippen molar-refractivity contribution in [1.29, 1.82) is 0 Å². The van der Waals surface area contributed by atoms with Crippen molar-refractivity contribution in [2.75, 3.05) is 13.2 Å². The van der Waals surface area contributed by atoms with Crippen molar-refractivity contribution in [3.63, 3.8) is 0 Å².